The number of aryl methyl sites for hydroxylation is 1. The average Bonchev–Trinajstić information content (AvgIpc) is 2.49. The second-order valence-corrected chi connectivity index (χ2v) is 6.34. The lowest BCUT2D eigenvalue weighted by Crippen LogP contribution is -2.49. The molecule has 1 unspecified atom stereocenters. The molecule has 1 atom stereocenters. The fourth-order valence-corrected chi connectivity index (χ4v) is 3.79. The third-order valence-electron chi connectivity index (χ3n) is 4.69. The Kier molecular flexibility index (Phi) is 4.27. The molecule has 0 bridgehead atoms. The first kappa shape index (κ1) is 13.9. The summed E-state index contributed by atoms with van der Waals surface area (Å²) in [4.78, 5) is 2.59. The van der Waals surface area contributed by atoms with E-state index < -0.39 is 0 Å². The van der Waals surface area contributed by atoms with Crippen LogP contribution in [0.2, 0.25) is 0 Å². The molecule has 1 fully saturated rings. The normalized spacial score (nSPS) is 26.4. The van der Waals surface area contributed by atoms with Crippen LogP contribution >= 0.6 is 0 Å². The standard InChI is InChI=1S/C17H26N2O/c1-18-12-17(9-5-11-20-14-17)13-19-10-4-7-15-6-2-3-8-16(15)19/h2-3,6,8,18H,4-5,7,9-14H2,1H3. The minimum absolute atomic E-state index is 0.275. The Hall–Kier alpha value is -1.06. The molecule has 2 aliphatic heterocycles. The Labute approximate surface area is 122 Å². The fraction of sp³-hybridized carbons (Fsp3) is 0.647. The van der Waals surface area contributed by atoms with E-state index in [4.69, 9.17) is 4.74 Å². The van der Waals surface area contributed by atoms with E-state index >= 15 is 0 Å². The molecule has 2 heterocycles. The van der Waals surface area contributed by atoms with Crippen molar-refractivity contribution in [3.05, 3.63) is 29.8 Å². The Morgan fingerprint density at radius 1 is 1.30 bits per heavy atom. The van der Waals surface area contributed by atoms with Gasteiger partial charge in [0.05, 0.1) is 6.61 Å². The van der Waals surface area contributed by atoms with Crippen molar-refractivity contribution in [1.82, 2.24) is 5.32 Å². The molecule has 3 heteroatoms. The Morgan fingerprint density at radius 3 is 3.00 bits per heavy atom. The number of ether oxygens (including phenoxy) is 1. The number of para-hydroxylation sites is 1. The van der Waals surface area contributed by atoms with Gasteiger partial charge in [0.25, 0.3) is 0 Å². The van der Waals surface area contributed by atoms with Crippen molar-refractivity contribution in [3.63, 3.8) is 0 Å². The van der Waals surface area contributed by atoms with Crippen molar-refractivity contribution in [1.29, 1.82) is 0 Å². The zero-order valence-electron chi connectivity index (χ0n) is 12.5. The van der Waals surface area contributed by atoms with Crippen LogP contribution in [0.3, 0.4) is 0 Å². The summed E-state index contributed by atoms with van der Waals surface area (Å²) in [6.07, 6.45) is 4.96. The first-order valence-corrected chi connectivity index (χ1v) is 7.88. The topological polar surface area (TPSA) is 24.5 Å². The second-order valence-electron chi connectivity index (χ2n) is 6.34. The molecule has 0 saturated carbocycles. The number of anilines is 1. The minimum atomic E-state index is 0.275. The minimum Gasteiger partial charge on any atom is -0.381 e. The van der Waals surface area contributed by atoms with Crippen LogP contribution in [-0.4, -0.2) is 39.9 Å². The Balaban J connectivity index is 1.79. The molecular formula is C17H26N2O. The summed E-state index contributed by atoms with van der Waals surface area (Å²) in [5.41, 5.74) is 3.23. The summed E-state index contributed by atoms with van der Waals surface area (Å²) in [5.74, 6) is 0. The van der Waals surface area contributed by atoms with E-state index in [1.54, 1.807) is 0 Å². The van der Waals surface area contributed by atoms with E-state index in [0.717, 1.165) is 26.3 Å². The predicted octanol–water partition coefficient (Wildman–Crippen LogP) is 2.46. The molecule has 2 aliphatic rings. The van der Waals surface area contributed by atoms with Gasteiger partial charge in [-0.25, -0.2) is 0 Å². The fourth-order valence-electron chi connectivity index (χ4n) is 3.79. The molecule has 20 heavy (non-hydrogen) atoms. The zero-order chi connectivity index (χ0) is 13.8. The number of rotatable bonds is 4. The maximum atomic E-state index is 5.80. The molecule has 3 rings (SSSR count). The van der Waals surface area contributed by atoms with E-state index in [2.05, 4.69) is 41.5 Å². The van der Waals surface area contributed by atoms with Crippen LogP contribution in [0.25, 0.3) is 0 Å². The van der Waals surface area contributed by atoms with Crippen molar-refractivity contribution in [2.24, 2.45) is 5.41 Å². The van der Waals surface area contributed by atoms with E-state index in [9.17, 15) is 0 Å². The van der Waals surface area contributed by atoms with Gasteiger partial charge in [0.2, 0.25) is 0 Å². The van der Waals surface area contributed by atoms with Crippen LogP contribution in [0, 0.1) is 5.41 Å². The smallest absolute Gasteiger partial charge is 0.0551 e. The molecule has 0 spiro atoms. The molecule has 0 radical (unpaired) electrons. The van der Waals surface area contributed by atoms with Crippen LogP contribution in [0.15, 0.2) is 24.3 Å². The predicted molar refractivity (Wildman–Crippen MR) is 83.4 cm³/mol. The van der Waals surface area contributed by atoms with Gasteiger partial charge >= 0.3 is 0 Å². The lowest BCUT2D eigenvalue weighted by molar-refractivity contribution is -0.00247. The van der Waals surface area contributed by atoms with E-state index in [0.29, 0.717) is 0 Å². The van der Waals surface area contributed by atoms with Crippen molar-refractivity contribution in [3.8, 4) is 0 Å². The van der Waals surface area contributed by atoms with Crippen molar-refractivity contribution >= 4 is 5.69 Å². The molecule has 0 amide bonds. The van der Waals surface area contributed by atoms with Gasteiger partial charge in [-0.1, -0.05) is 18.2 Å². The lowest BCUT2D eigenvalue weighted by atomic mass is 9.81. The monoisotopic (exact) mass is 274 g/mol. The third-order valence-corrected chi connectivity index (χ3v) is 4.69. The largest absolute Gasteiger partial charge is 0.381 e. The van der Waals surface area contributed by atoms with Crippen LogP contribution < -0.4 is 10.2 Å². The molecule has 0 aromatic heterocycles. The zero-order valence-corrected chi connectivity index (χ0v) is 12.5. The van der Waals surface area contributed by atoms with Gasteiger partial charge in [0, 0.05) is 37.3 Å². The highest BCUT2D eigenvalue weighted by Gasteiger charge is 2.35. The Bertz CT molecular complexity index is 435. The van der Waals surface area contributed by atoms with Crippen molar-refractivity contribution < 1.29 is 4.74 Å². The average molecular weight is 274 g/mol. The van der Waals surface area contributed by atoms with Gasteiger partial charge in [-0.15, -0.1) is 0 Å². The van der Waals surface area contributed by atoms with Gasteiger partial charge in [-0.3, -0.25) is 0 Å². The van der Waals surface area contributed by atoms with Gasteiger partial charge in [-0.2, -0.15) is 0 Å². The van der Waals surface area contributed by atoms with Crippen LogP contribution in [-0.2, 0) is 11.2 Å². The molecule has 1 aromatic carbocycles. The molecule has 1 N–H and O–H groups in total. The maximum absolute atomic E-state index is 5.80. The van der Waals surface area contributed by atoms with Crippen molar-refractivity contribution in [2.45, 2.75) is 25.7 Å². The second kappa shape index (κ2) is 6.15. The molecule has 110 valence electrons. The summed E-state index contributed by atoms with van der Waals surface area (Å²) in [6, 6.07) is 8.89. The number of nitrogens with zero attached hydrogens (tertiary/aromatic N) is 1. The third kappa shape index (κ3) is 2.84. The van der Waals surface area contributed by atoms with Gasteiger partial charge in [0.15, 0.2) is 0 Å². The number of benzene rings is 1. The number of hydrogen-bond acceptors (Lipinski definition) is 3. The highest BCUT2D eigenvalue weighted by Crippen LogP contribution is 2.34. The van der Waals surface area contributed by atoms with E-state index in [1.807, 2.05) is 0 Å². The molecule has 1 saturated heterocycles. The summed E-state index contributed by atoms with van der Waals surface area (Å²) < 4.78 is 5.80. The molecule has 1 aromatic rings. The Morgan fingerprint density at radius 2 is 2.20 bits per heavy atom. The molecule has 3 nitrogen and oxygen atoms in total. The highest BCUT2D eigenvalue weighted by atomic mass is 16.5. The van der Waals surface area contributed by atoms with Crippen molar-refractivity contribution in [2.75, 3.05) is 44.8 Å². The molecular weight excluding hydrogens is 248 g/mol. The van der Waals surface area contributed by atoms with Gasteiger partial charge in [0.1, 0.15) is 0 Å². The molecule has 0 aliphatic carbocycles. The highest BCUT2D eigenvalue weighted by molar-refractivity contribution is 5.55. The van der Waals surface area contributed by atoms with Crippen LogP contribution in [0.1, 0.15) is 24.8 Å². The quantitative estimate of drug-likeness (QED) is 0.913. The van der Waals surface area contributed by atoms with Gasteiger partial charge < -0.3 is 15.0 Å². The van der Waals surface area contributed by atoms with E-state index in [-0.39, 0.29) is 5.41 Å². The summed E-state index contributed by atoms with van der Waals surface area (Å²) in [6.45, 7) is 5.17. The first-order chi connectivity index (χ1) is 9.83. The summed E-state index contributed by atoms with van der Waals surface area (Å²) in [7, 11) is 2.06. The summed E-state index contributed by atoms with van der Waals surface area (Å²) >= 11 is 0. The van der Waals surface area contributed by atoms with Crippen LogP contribution in [0.4, 0.5) is 5.69 Å². The first-order valence-electron chi connectivity index (χ1n) is 7.88. The number of hydrogen-bond donors (Lipinski definition) is 1. The lowest BCUT2D eigenvalue weighted by Gasteiger charge is -2.43. The SMILES string of the molecule is CNCC1(CN2CCCc3ccccc32)CCCOC1. The van der Waals surface area contributed by atoms with Crippen LogP contribution in [0.5, 0.6) is 0 Å². The number of fused-ring (bicyclic) bond motifs is 1. The van der Waals surface area contributed by atoms with E-state index in [1.165, 1.54) is 43.5 Å². The number of nitrogens with one attached hydrogen (secondary N) is 1. The summed E-state index contributed by atoms with van der Waals surface area (Å²) in [5, 5.41) is 3.39. The van der Waals surface area contributed by atoms with Gasteiger partial charge in [-0.05, 0) is 44.4 Å². The maximum Gasteiger partial charge on any atom is 0.0551 e.